The average Bonchev–Trinajstić information content (AvgIpc) is 0.813. The van der Waals surface area contributed by atoms with Crippen LogP contribution in [0.25, 0.3) is 30.4 Å². The van der Waals surface area contributed by atoms with Crippen LogP contribution in [0.4, 0.5) is 86.5 Å². The molecule has 31 heteroatoms. The molecule has 0 aliphatic carbocycles. The number of halogens is 7. The molecular weight excluding hydrogens is 1800 g/mol. The number of nitro benzene ring substituents is 1. The molecule has 15 rings (SSSR count). The van der Waals surface area contributed by atoms with E-state index < -0.39 is 10.7 Å². The van der Waals surface area contributed by atoms with Crippen LogP contribution in [0.15, 0.2) is 340 Å². The number of pyridine rings is 5. The van der Waals surface area contributed by atoms with Crippen LogP contribution in [-0.4, -0.2) is 94.3 Å². The Bertz CT molecular complexity index is 6670. The van der Waals surface area contributed by atoms with Crippen molar-refractivity contribution in [3.8, 4) is 28.7 Å². The predicted octanol–water partition coefficient (Wildman–Crippen LogP) is 25.7. The second kappa shape index (κ2) is 50.3. The first-order chi connectivity index (χ1) is 65.8. The third-order valence-electron chi connectivity index (χ3n) is 19.2. The zero-order valence-electron chi connectivity index (χ0n) is 73.0. The summed E-state index contributed by atoms with van der Waals surface area (Å²) in [5.41, 5.74) is 15.2. The van der Waals surface area contributed by atoms with Gasteiger partial charge in [-0.05, 0) is 334 Å². The quantitative estimate of drug-likeness (QED) is 0.00587. The van der Waals surface area contributed by atoms with Gasteiger partial charge in [-0.25, -0.2) is 42.5 Å². The molecule has 0 fully saturated rings. The molecular formula is C105H83Cl3F4N12O12. The first-order valence-corrected chi connectivity index (χ1v) is 42.0. The SMILES string of the molecule is COc1cc(C(=O)/C=C/c2cccnc2Nc2ccc(Cl)cc2Cl)cc(OC)c1OC.COc1ccc(C(=O)/C=C/c2cccnc2Nc2ccc(F)cc2)cc1.COc1ccc(C(=O)/C=C/c2cccnc2Nc2ccc(F)cc2)cc1[N+](=O)[O-].Nc1ccc(C(=O)/C=C/c2cccnc2Nc2ccc(F)cc2)cc1.O=C(/C=C/c1cccnc1Nc1ccc(F)cc1)c1ccc(Cl)cc1. The van der Waals surface area contributed by atoms with E-state index in [4.69, 9.17) is 64.2 Å². The second-order valence-electron chi connectivity index (χ2n) is 28.4. The second-order valence-corrected chi connectivity index (χ2v) is 29.7. The molecule has 0 spiro atoms. The number of nitrogen functional groups attached to an aromatic ring is 1. The molecule has 10 aromatic carbocycles. The molecule has 7 N–H and O–H groups in total. The Kier molecular flexibility index (Phi) is 36.7. The van der Waals surface area contributed by atoms with Gasteiger partial charge >= 0.3 is 5.69 Å². The highest BCUT2D eigenvalue weighted by Crippen LogP contribution is 2.39. The van der Waals surface area contributed by atoms with Gasteiger partial charge in [-0.15, -0.1) is 0 Å². The lowest BCUT2D eigenvalue weighted by atomic mass is 10.1. The number of nitrogens with zero attached hydrogens (tertiary/aromatic N) is 6. The number of allylic oxidation sites excluding steroid dienone is 5. The number of hydrogen-bond acceptors (Lipinski definition) is 23. The van der Waals surface area contributed by atoms with Gasteiger partial charge in [0.1, 0.15) is 58.1 Å². The van der Waals surface area contributed by atoms with E-state index in [0.29, 0.717) is 135 Å². The largest absolute Gasteiger partial charge is 0.497 e. The van der Waals surface area contributed by atoms with Gasteiger partial charge in [0.15, 0.2) is 46.2 Å². The molecule has 0 saturated heterocycles. The summed E-state index contributed by atoms with van der Waals surface area (Å²) in [7, 11) is 7.40. The Hall–Kier alpha value is -17.2. The van der Waals surface area contributed by atoms with E-state index in [2.05, 4.69) is 51.5 Å². The van der Waals surface area contributed by atoms with Crippen LogP contribution in [-0.2, 0) is 0 Å². The lowest BCUT2D eigenvalue weighted by molar-refractivity contribution is -0.385. The number of anilines is 11. The molecule has 5 heterocycles. The number of nitrogens with two attached hydrogens (primary N) is 1. The van der Waals surface area contributed by atoms with Crippen LogP contribution in [0.2, 0.25) is 15.1 Å². The standard InChI is InChI=1S/C23H20Cl2N2O4.C21H16FN3O4.C21H17FN2O2.C20H14ClFN2O.C20H16FN3O/c1-29-20-11-15(12-21(30-2)22(20)31-3)19(28)9-6-14-5-4-10-26-23(14)27-18-8-7-16(24)13-17(18)25;1-29-20-11-5-15(13-18(20)25(27)28)19(26)10-4-14-3-2-12-23-21(14)24-17-8-6-16(22)7-9-17;1-26-19-11-4-15(5-12-19)20(25)13-6-16-3-2-14-23-21(16)24-18-9-7-17(22)8-10-18;21-16-6-3-14(4-7-16)19(25)12-5-15-2-1-13-23-20(15)24-18-10-8-17(22)9-11-18;21-16-6-10-18(11-7-16)24-20-15(2-1-13-23-20)5-12-19(25)14-3-8-17(22)9-4-14/h4-13H,1-3H3,(H,26,27);2-13H,1H3,(H,23,24);2-14H,1H3,(H,23,24);1-13H,(H,23,24);1-13H,22H2,(H,23,24)/b9-6+;10-4+;13-6+;2*12-5+. The summed E-state index contributed by atoms with van der Waals surface area (Å²) in [6.45, 7) is 0. The van der Waals surface area contributed by atoms with Gasteiger partial charge in [0.2, 0.25) is 5.75 Å². The van der Waals surface area contributed by atoms with Crippen molar-refractivity contribution < 1.29 is 70.1 Å². The zero-order valence-corrected chi connectivity index (χ0v) is 75.3. The molecule has 24 nitrogen and oxygen atoms in total. The highest BCUT2D eigenvalue weighted by atomic mass is 35.5. The normalized spacial score (nSPS) is 10.7. The van der Waals surface area contributed by atoms with Crippen LogP contribution >= 0.6 is 34.8 Å². The Labute approximate surface area is 794 Å². The van der Waals surface area contributed by atoms with Crippen LogP contribution in [0, 0.1) is 33.4 Å². The van der Waals surface area contributed by atoms with Crippen molar-refractivity contribution in [1.82, 2.24) is 24.9 Å². The fraction of sp³-hybridized carbons (Fsp3) is 0.0476. The number of ether oxygens (including phenoxy) is 5. The molecule has 136 heavy (non-hydrogen) atoms. The molecule has 0 bridgehead atoms. The van der Waals surface area contributed by atoms with E-state index in [1.54, 1.807) is 257 Å². The molecule has 15 aromatic rings. The highest BCUT2D eigenvalue weighted by Gasteiger charge is 2.20. The van der Waals surface area contributed by atoms with E-state index in [1.165, 1.54) is 126 Å². The number of methoxy groups -OCH3 is 5. The average molecular weight is 1890 g/mol. The summed E-state index contributed by atoms with van der Waals surface area (Å²) in [5.74, 6) is 2.46. The molecule has 0 saturated carbocycles. The van der Waals surface area contributed by atoms with E-state index in [1.807, 2.05) is 24.3 Å². The molecule has 0 aliphatic heterocycles. The van der Waals surface area contributed by atoms with Crippen LogP contribution < -0.4 is 56.0 Å². The number of rotatable bonds is 31. The lowest BCUT2D eigenvalue weighted by Crippen LogP contribution is -2.01. The lowest BCUT2D eigenvalue weighted by Gasteiger charge is -2.13. The summed E-state index contributed by atoms with van der Waals surface area (Å²) in [5, 5.41) is 28.3. The van der Waals surface area contributed by atoms with Crippen molar-refractivity contribution in [1.29, 1.82) is 0 Å². The minimum Gasteiger partial charge on any atom is -0.497 e. The third-order valence-corrected chi connectivity index (χ3v) is 20.0. The Balaban J connectivity index is 0.000000164. The van der Waals surface area contributed by atoms with Gasteiger partial charge in [0.25, 0.3) is 0 Å². The topological polar surface area (TPSA) is 325 Å². The fourth-order valence-corrected chi connectivity index (χ4v) is 12.8. The smallest absolute Gasteiger partial charge is 0.311 e. The Morgan fingerprint density at radius 1 is 0.331 bits per heavy atom. The molecule has 0 amide bonds. The van der Waals surface area contributed by atoms with Gasteiger partial charge in [-0.2, -0.15) is 0 Å². The molecule has 0 radical (unpaired) electrons. The van der Waals surface area contributed by atoms with Crippen molar-refractivity contribution in [2.24, 2.45) is 0 Å². The Morgan fingerprint density at radius 3 is 0.949 bits per heavy atom. The Morgan fingerprint density at radius 2 is 0.632 bits per heavy atom. The monoisotopic (exact) mass is 1880 g/mol. The predicted molar refractivity (Wildman–Crippen MR) is 528 cm³/mol. The van der Waals surface area contributed by atoms with E-state index in [0.717, 1.165) is 16.7 Å². The summed E-state index contributed by atoms with van der Waals surface area (Å²) in [6, 6.07) is 74.3. The minimum atomic E-state index is -0.606. The van der Waals surface area contributed by atoms with Crippen molar-refractivity contribution in [3.63, 3.8) is 0 Å². The maximum absolute atomic E-state index is 13.1. The number of nitrogens with one attached hydrogen (secondary N) is 5. The first kappa shape index (κ1) is 99.4. The highest BCUT2D eigenvalue weighted by molar-refractivity contribution is 6.36. The molecule has 684 valence electrons. The number of ketones is 5. The van der Waals surface area contributed by atoms with Crippen LogP contribution in [0.5, 0.6) is 28.7 Å². The molecule has 0 atom stereocenters. The molecule has 0 unspecified atom stereocenters. The van der Waals surface area contributed by atoms with E-state index in [9.17, 15) is 51.6 Å². The summed E-state index contributed by atoms with van der Waals surface area (Å²) in [4.78, 5) is 94.0. The summed E-state index contributed by atoms with van der Waals surface area (Å²) >= 11 is 18.0. The first-order valence-electron chi connectivity index (χ1n) is 40.9. The van der Waals surface area contributed by atoms with Gasteiger partial charge in [0, 0.05) is 131 Å². The summed E-state index contributed by atoms with van der Waals surface area (Å²) < 4.78 is 78.0. The van der Waals surface area contributed by atoms with Crippen molar-refractivity contribution >= 4 is 163 Å². The number of hydrogen-bond donors (Lipinski definition) is 6. The molecule has 5 aromatic heterocycles. The van der Waals surface area contributed by atoms with Gasteiger partial charge in [-0.1, -0.05) is 34.8 Å². The van der Waals surface area contributed by atoms with Crippen molar-refractivity contribution in [2.45, 2.75) is 0 Å². The van der Waals surface area contributed by atoms with Gasteiger partial charge in [0.05, 0.1) is 51.2 Å². The van der Waals surface area contributed by atoms with Gasteiger partial charge < -0.3 is 56.0 Å². The number of nitro groups is 1. The fourth-order valence-electron chi connectivity index (χ4n) is 12.2. The molecule has 0 aliphatic rings. The van der Waals surface area contributed by atoms with Crippen molar-refractivity contribution in [3.05, 3.63) is 445 Å². The third kappa shape index (κ3) is 29.9. The number of aromatic nitrogens is 5. The number of carbonyl (C=O) groups excluding carboxylic acids is 5. The number of benzene rings is 10. The van der Waals surface area contributed by atoms with Crippen LogP contribution in [0.1, 0.15) is 79.6 Å². The minimum absolute atomic E-state index is 0.0774. The zero-order chi connectivity index (χ0) is 96.8. The van der Waals surface area contributed by atoms with E-state index >= 15 is 0 Å². The van der Waals surface area contributed by atoms with Crippen LogP contribution in [0.3, 0.4) is 0 Å². The van der Waals surface area contributed by atoms with Gasteiger partial charge in [-0.3, -0.25) is 34.1 Å². The van der Waals surface area contributed by atoms with Crippen molar-refractivity contribution in [2.75, 3.05) is 67.9 Å². The maximum atomic E-state index is 13.1. The number of carbonyl (C=O) groups is 5. The van der Waals surface area contributed by atoms with E-state index in [-0.39, 0.29) is 63.4 Å². The summed E-state index contributed by atoms with van der Waals surface area (Å²) in [6.07, 6.45) is 23.7. The maximum Gasteiger partial charge on any atom is 0.311 e.